The molecule has 27 heavy (non-hydrogen) atoms. The van der Waals surface area contributed by atoms with E-state index in [-0.39, 0.29) is 30.4 Å². The monoisotopic (exact) mass is 374 g/mol. The Morgan fingerprint density at radius 2 is 1.74 bits per heavy atom. The van der Waals surface area contributed by atoms with Crippen molar-refractivity contribution in [3.05, 3.63) is 47.5 Å². The first-order valence-corrected chi connectivity index (χ1v) is 9.01. The molecule has 1 rings (SSSR count). The fraction of sp³-hybridized carbons (Fsp3) is 0.476. The summed E-state index contributed by atoms with van der Waals surface area (Å²) in [5, 5.41) is 2.50. The second kappa shape index (κ2) is 9.90. The van der Waals surface area contributed by atoms with E-state index in [1.54, 1.807) is 17.0 Å². The van der Waals surface area contributed by atoms with E-state index in [4.69, 9.17) is 4.74 Å². The zero-order valence-corrected chi connectivity index (χ0v) is 16.9. The Hall–Kier alpha value is -2.63. The number of nitrogens with one attached hydrogen (secondary N) is 1. The Morgan fingerprint density at radius 3 is 2.22 bits per heavy atom. The van der Waals surface area contributed by atoms with Gasteiger partial charge in [-0.1, -0.05) is 45.1 Å². The average molecular weight is 374 g/mol. The third-order valence-corrected chi connectivity index (χ3v) is 3.96. The molecule has 6 heteroatoms. The number of hydrogen-bond donors (Lipinski definition) is 1. The molecule has 0 spiro atoms. The molecular formula is C21H30N2O4. The standard InChI is InChI=1S/C21H30N2O4/c1-7-23(13-15(2)3)18(24)14-27-19(25)12-22-20(26)16-8-10-17(11-9-16)21(4,5)6/h8-11H,2,7,12-14H2,1,3-6H3,(H,22,26). The molecule has 0 saturated carbocycles. The highest BCUT2D eigenvalue weighted by atomic mass is 16.5. The summed E-state index contributed by atoms with van der Waals surface area (Å²) in [6.45, 7) is 14.0. The molecule has 0 atom stereocenters. The van der Waals surface area contributed by atoms with Crippen LogP contribution in [0.15, 0.2) is 36.4 Å². The number of esters is 1. The average Bonchev–Trinajstić information content (AvgIpc) is 2.61. The Bertz CT molecular complexity index is 687. The highest BCUT2D eigenvalue weighted by Gasteiger charge is 2.16. The van der Waals surface area contributed by atoms with Gasteiger partial charge in [-0.2, -0.15) is 0 Å². The van der Waals surface area contributed by atoms with Gasteiger partial charge in [0.15, 0.2) is 6.61 Å². The van der Waals surface area contributed by atoms with Crippen LogP contribution in [0.3, 0.4) is 0 Å². The van der Waals surface area contributed by atoms with Gasteiger partial charge in [-0.15, -0.1) is 0 Å². The van der Waals surface area contributed by atoms with E-state index in [1.807, 2.05) is 26.0 Å². The molecule has 1 aromatic carbocycles. The molecule has 148 valence electrons. The maximum atomic E-state index is 12.1. The number of carbonyl (C=O) groups excluding carboxylic acids is 3. The Morgan fingerprint density at radius 1 is 1.15 bits per heavy atom. The van der Waals surface area contributed by atoms with Gasteiger partial charge in [-0.3, -0.25) is 14.4 Å². The smallest absolute Gasteiger partial charge is 0.325 e. The number of rotatable bonds is 8. The largest absolute Gasteiger partial charge is 0.454 e. The van der Waals surface area contributed by atoms with Gasteiger partial charge in [0, 0.05) is 18.7 Å². The maximum absolute atomic E-state index is 12.1. The summed E-state index contributed by atoms with van der Waals surface area (Å²) >= 11 is 0. The SMILES string of the molecule is C=C(C)CN(CC)C(=O)COC(=O)CNC(=O)c1ccc(C(C)(C)C)cc1. The van der Waals surface area contributed by atoms with Crippen LogP contribution < -0.4 is 5.32 Å². The molecule has 2 amide bonds. The van der Waals surface area contributed by atoms with Crippen LogP contribution >= 0.6 is 0 Å². The van der Waals surface area contributed by atoms with Gasteiger partial charge >= 0.3 is 5.97 Å². The van der Waals surface area contributed by atoms with Crippen LogP contribution in [-0.4, -0.2) is 48.9 Å². The topological polar surface area (TPSA) is 75.7 Å². The van der Waals surface area contributed by atoms with E-state index in [2.05, 4.69) is 32.7 Å². The fourth-order valence-corrected chi connectivity index (χ4v) is 2.36. The van der Waals surface area contributed by atoms with Crippen LogP contribution in [-0.2, 0) is 19.7 Å². The predicted molar refractivity (Wildman–Crippen MR) is 106 cm³/mol. The van der Waals surface area contributed by atoms with Gasteiger partial charge in [0.2, 0.25) is 0 Å². The number of carbonyl (C=O) groups is 3. The minimum atomic E-state index is -0.658. The first-order chi connectivity index (χ1) is 12.5. The summed E-state index contributed by atoms with van der Waals surface area (Å²) in [6.07, 6.45) is 0. The lowest BCUT2D eigenvalue weighted by atomic mass is 9.87. The van der Waals surface area contributed by atoms with Gasteiger partial charge in [0.25, 0.3) is 11.8 Å². The molecule has 0 saturated heterocycles. The number of hydrogen-bond acceptors (Lipinski definition) is 4. The Kier molecular flexibility index (Phi) is 8.22. The van der Waals surface area contributed by atoms with Crippen molar-refractivity contribution in [1.29, 1.82) is 0 Å². The number of likely N-dealkylation sites (N-methyl/N-ethyl adjacent to an activating group) is 1. The van der Waals surface area contributed by atoms with E-state index in [9.17, 15) is 14.4 Å². The van der Waals surface area contributed by atoms with E-state index >= 15 is 0 Å². The van der Waals surface area contributed by atoms with E-state index < -0.39 is 5.97 Å². The molecule has 0 aromatic heterocycles. The van der Waals surface area contributed by atoms with Crippen LogP contribution in [0.5, 0.6) is 0 Å². The van der Waals surface area contributed by atoms with Crippen molar-refractivity contribution >= 4 is 17.8 Å². The summed E-state index contributed by atoms with van der Waals surface area (Å²) in [5.41, 5.74) is 2.43. The third-order valence-electron chi connectivity index (χ3n) is 3.96. The highest BCUT2D eigenvalue weighted by Crippen LogP contribution is 2.22. The number of amides is 2. The van der Waals surface area contributed by atoms with Gasteiger partial charge in [-0.25, -0.2) is 0 Å². The van der Waals surface area contributed by atoms with E-state index in [0.29, 0.717) is 18.7 Å². The lowest BCUT2D eigenvalue weighted by Crippen LogP contribution is -2.37. The van der Waals surface area contributed by atoms with Crippen LogP contribution in [0.1, 0.15) is 50.5 Å². The van der Waals surface area contributed by atoms with E-state index in [0.717, 1.165) is 11.1 Å². The zero-order valence-electron chi connectivity index (χ0n) is 16.9. The van der Waals surface area contributed by atoms with Crippen molar-refractivity contribution in [2.75, 3.05) is 26.2 Å². The quantitative estimate of drug-likeness (QED) is 0.561. The molecule has 0 aliphatic heterocycles. The summed E-state index contributed by atoms with van der Waals surface area (Å²) < 4.78 is 4.94. The summed E-state index contributed by atoms with van der Waals surface area (Å²) in [6, 6.07) is 7.24. The minimum Gasteiger partial charge on any atom is -0.454 e. The summed E-state index contributed by atoms with van der Waals surface area (Å²) in [5.74, 6) is -1.32. The molecule has 1 aromatic rings. The van der Waals surface area contributed by atoms with Crippen molar-refractivity contribution in [1.82, 2.24) is 10.2 Å². The molecule has 0 aliphatic rings. The molecule has 0 bridgehead atoms. The molecule has 1 N–H and O–H groups in total. The normalized spacial score (nSPS) is 10.9. The number of nitrogens with zero attached hydrogens (tertiary/aromatic N) is 1. The minimum absolute atomic E-state index is 0.00185. The lowest BCUT2D eigenvalue weighted by Gasteiger charge is -2.20. The van der Waals surface area contributed by atoms with Crippen molar-refractivity contribution in [2.45, 2.75) is 40.0 Å². The second-order valence-corrected chi connectivity index (χ2v) is 7.54. The maximum Gasteiger partial charge on any atom is 0.325 e. The first-order valence-electron chi connectivity index (χ1n) is 9.01. The van der Waals surface area contributed by atoms with Crippen molar-refractivity contribution in [3.63, 3.8) is 0 Å². The highest BCUT2D eigenvalue weighted by molar-refractivity contribution is 5.96. The molecule has 0 aliphatic carbocycles. The number of benzene rings is 1. The van der Waals surface area contributed by atoms with Gasteiger partial charge < -0.3 is 15.0 Å². The summed E-state index contributed by atoms with van der Waals surface area (Å²) in [7, 11) is 0. The summed E-state index contributed by atoms with van der Waals surface area (Å²) in [4.78, 5) is 37.5. The zero-order chi connectivity index (χ0) is 20.6. The molecule has 0 fully saturated rings. The molecular weight excluding hydrogens is 344 g/mol. The van der Waals surface area contributed by atoms with Crippen molar-refractivity contribution in [3.8, 4) is 0 Å². The molecule has 6 nitrogen and oxygen atoms in total. The molecule has 0 heterocycles. The molecule has 0 radical (unpaired) electrons. The van der Waals surface area contributed by atoms with Crippen LogP contribution in [0.2, 0.25) is 0 Å². The van der Waals surface area contributed by atoms with E-state index in [1.165, 1.54) is 0 Å². The van der Waals surface area contributed by atoms with Gasteiger partial charge in [0.05, 0.1) is 0 Å². The first kappa shape index (κ1) is 22.4. The Balaban J connectivity index is 2.46. The second-order valence-electron chi connectivity index (χ2n) is 7.54. The Labute approximate surface area is 161 Å². The van der Waals surface area contributed by atoms with Crippen molar-refractivity contribution < 1.29 is 19.1 Å². The predicted octanol–water partition coefficient (Wildman–Crippen LogP) is 2.68. The van der Waals surface area contributed by atoms with Crippen molar-refractivity contribution in [2.24, 2.45) is 0 Å². The number of ether oxygens (including phenoxy) is 1. The third kappa shape index (κ3) is 7.64. The molecule has 0 unspecified atom stereocenters. The van der Waals surface area contributed by atoms with Gasteiger partial charge in [-0.05, 0) is 37.0 Å². The fourth-order valence-electron chi connectivity index (χ4n) is 2.36. The van der Waals surface area contributed by atoms with Crippen LogP contribution in [0.25, 0.3) is 0 Å². The van der Waals surface area contributed by atoms with Crippen LogP contribution in [0.4, 0.5) is 0 Å². The lowest BCUT2D eigenvalue weighted by molar-refractivity contribution is -0.150. The van der Waals surface area contributed by atoms with Gasteiger partial charge in [0.1, 0.15) is 6.54 Å². The van der Waals surface area contributed by atoms with Crippen LogP contribution in [0, 0.1) is 0 Å².